The van der Waals surface area contributed by atoms with Gasteiger partial charge in [-0.2, -0.15) is 0 Å². The molecule has 0 fully saturated rings. The molecule has 0 atom stereocenters. The Morgan fingerprint density at radius 2 is 1.80 bits per heavy atom. The van der Waals surface area contributed by atoms with Crippen molar-refractivity contribution in [1.29, 1.82) is 0 Å². The van der Waals surface area contributed by atoms with Crippen LogP contribution in [-0.4, -0.2) is 4.98 Å². The molecule has 1 aromatic heterocycles. The van der Waals surface area contributed by atoms with Crippen molar-refractivity contribution in [2.24, 2.45) is 0 Å². The Hall–Kier alpha value is -1.97. The minimum absolute atomic E-state index is 0.148. The standard InChI is InChI=1S/C11H8F2N2/c12-10-2-1-7(14)5-9(10)8-3-4-15-6-11(8)13/h1-6H,14H2. The Bertz CT molecular complexity index is 498. The van der Waals surface area contributed by atoms with Crippen LogP contribution in [0.4, 0.5) is 14.5 Å². The summed E-state index contributed by atoms with van der Waals surface area (Å²) >= 11 is 0. The van der Waals surface area contributed by atoms with Crippen LogP contribution in [0.1, 0.15) is 0 Å². The first kappa shape index (κ1) is 9.58. The van der Waals surface area contributed by atoms with Gasteiger partial charge in [0.1, 0.15) is 11.6 Å². The summed E-state index contributed by atoms with van der Waals surface area (Å²) in [4.78, 5) is 3.59. The number of aromatic nitrogens is 1. The maximum atomic E-state index is 13.4. The van der Waals surface area contributed by atoms with Gasteiger partial charge < -0.3 is 5.73 Å². The summed E-state index contributed by atoms with van der Waals surface area (Å²) in [6, 6.07) is 5.45. The minimum Gasteiger partial charge on any atom is -0.399 e. The van der Waals surface area contributed by atoms with Crippen LogP contribution in [0.5, 0.6) is 0 Å². The fourth-order valence-electron chi connectivity index (χ4n) is 1.34. The van der Waals surface area contributed by atoms with Crippen molar-refractivity contribution in [1.82, 2.24) is 4.98 Å². The van der Waals surface area contributed by atoms with E-state index in [0.29, 0.717) is 5.69 Å². The largest absolute Gasteiger partial charge is 0.399 e. The summed E-state index contributed by atoms with van der Waals surface area (Å²) in [7, 11) is 0. The van der Waals surface area contributed by atoms with Crippen LogP contribution < -0.4 is 5.73 Å². The molecule has 1 aromatic carbocycles. The zero-order valence-electron chi connectivity index (χ0n) is 7.74. The van der Waals surface area contributed by atoms with Gasteiger partial charge in [-0.3, -0.25) is 4.98 Å². The predicted molar refractivity (Wildman–Crippen MR) is 54.0 cm³/mol. The Balaban J connectivity index is 2.64. The maximum Gasteiger partial charge on any atom is 0.149 e. The van der Waals surface area contributed by atoms with Gasteiger partial charge in [-0.25, -0.2) is 8.78 Å². The van der Waals surface area contributed by atoms with Crippen LogP contribution in [0.2, 0.25) is 0 Å². The zero-order chi connectivity index (χ0) is 10.8. The molecule has 2 aromatic rings. The van der Waals surface area contributed by atoms with E-state index in [4.69, 9.17) is 5.73 Å². The lowest BCUT2D eigenvalue weighted by atomic mass is 10.1. The van der Waals surface area contributed by atoms with E-state index in [9.17, 15) is 8.78 Å². The van der Waals surface area contributed by atoms with Crippen molar-refractivity contribution >= 4 is 5.69 Å². The minimum atomic E-state index is -0.568. The molecular weight excluding hydrogens is 198 g/mol. The van der Waals surface area contributed by atoms with E-state index in [1.807, 2.05) is 0 Å². The Morgan fingerprint density at radius 3 is 2.53 bits per heavy atom. The Kier molecular flexibility index (Phi) is 2.33. The highest BCUT2D eigenvalue weighted by molar-refractivity contribution is 5.68. The molecule has 0 spiro atoms. The molecule has 0 saturated carbocycles. The molecule has 2 N–H and O–H groups in total. The number of nitrogens with zero attached hydrogens (tertiary/aromatic N) is 1. The number of benzene rings is 1. The summed E-state index contributed by atoms with van der Waals surface area (Å²) in [6.45, 7) is 0. The van der Waals surface area contributed by atoms with Crippen LogP contribution >= 0.6 is 0 Å². The second-order valence-electron chi connectivity index (χ2n) is 3.09. The predicted octanol–water partition coefficient (Wildman–Crippen LogP) is 2.61. The van der Waals surface area contributed by atoms with Gasteiger partial charge in [-0.1, -0.05) is 0 Å². The highest BCUT2D eigenvalue weighted by Gasteiger charge is 2.09. The van der Waals surface area contributed by atoms with E-state index < -0.39 is 11.6 Å². The average Bonchev–Trinajstić information content (AvgIpc) is 2.23. The number of anilines is 1. The third-order valence-electron chi connectivity index (χ3n) is 2.05. The number of halogens is 2. The first-order valence-corrected chi connectivity index (χ1v) is 4.33. The third kappa shape index (κ3) is 1.79. The summed E-state index contributed by atoms with van der Waals surface area (Å²) in [5, 5.41) is 0. The molecule has 76 valence electrons. The second-order valence-corrected chi connectivity index (χ2v) is 3.09. The van der Waals surface area contributed by atoms with Gasteiger partial charge >= 0.3 is 0 Å². The molecule has 0 radical (unpaired) electrons. The number of rotatable bonds is 1. The summed E-state index contributed by atoms with van der Waals surface area (Å²) in [5.41, 5.74) is 6.21. The van der Waals surface area contributed by atoms with Gasteiger partial charge in [0.2, 0.25) is 0 Å². The van der Waals surface area contributed by atoms with E-state index in [-0.39, 0.29) is 11.1 Å². The van der Waals surface area contributed by atoms with Gasteiger partial charge in [0.05, 0.1) is 6.20 Å². The molecule has 0 bridgehead atoms. The van der Waals surface area contributed by atoms with Gasteiger partial charge in [0.25, 0.3) is 0 Å². The van der Waals surface area contributed by atoms with Crippen LogP contribution in [0.15, 0.2) is 36.7 Å². The van der Waals surface area contributed by atoms with Crippen molar-refractivity contribution in [3.05, 3.63) is 48.3 Å². The molecule has 4 heteroatoms. The second kappa shape index (κ2) is 3.65. The van der Waals surface area contributed by atoms with Crippen LogP contribution in [-0.2, 0) is 0 Å². The lowest BCUT2D eigenvalue weighted by Gasteiger charge is -2.05. The van der Waals surface area contributed by atoms with Crippen molar-refractivity contribution in [3.63, 3.8) is 0 Å². The molecule has 0 aliphatic rings. The molecule has 2 rings (SSSR count). The van der Waals surface area contributed by atoms with Gasteiger partial charge in [-0.15, -0.1) is 0 Å². The molecule has 0 aliphatic heterocycles. The van der Waals surface area contributed by atoms with E-state index >= 15 is 0 Å². The molecule has 15 heavy (non-hydrogen) atoms. The van der Waals surface area contributed by atoms with E-state index in [1.165, 1.54) is 30.5 Å². The Labute approximate surface area is 85.4 Å². The molecular formula is C11H8F2N2. The molecule has 0 saturated heterocycles. The first-order valence-electron chi connectivity index (χ1n) is 4.33. The lowest BCUT2D eigenvalue weighted by Crippen LogP contribution is -1.92. The van der Waals surface area contributed by atoms with Crippen molar-refractivity contribution in [2.45, 2.75) is 0 Å². The average molecular weight is 206 g/mol. The van der Waals surface area contributed by atoms with E-state index in [1.54, 1.807) is 0 Å². The number of hydrogen-bond donors (Lipinski definition) is 1. The fraction of sp³-hybridized carbons (Fsp3) is 0. The maximum absolute atomic E-state index is 13.4. The number of nitrogens with two attached hydrogens (primary N) is 1. The van der Waals surface area contributed by atoms with Crippen molar-refractivity contribution in [2.75, 3.05) is 5.73 Å². The van der Waals surface area contributed by atoms with E-state index in [2.05, 4.69) is 4.98 Å². The van der Waals surface area contributed by atoms with Crippen LogP contribution in [0.3, 0.4) is 0 Å². The van der Waals surface area contributed by atoms with E-state index in [0.717, 1.165) is 6.20 Å². The lowest BCUT2D eigenvalue weighted by molar-refractivity contribution is 0.613. The number of hydrogen-bond acceptors (Lipinski definition) is 2. The SMILES string of the molecule is Nc1ccc(F)c(-c2ccncc2F)c1. The van der Waals surface area contributed by atoms with Gasteiger partial charge in [0, 0.05) is 23.0 Å². The molecule has 0 amide bonds. The first-order chi connectivity index (χ1) is 7.18. The zero-order valence-corrected chi connectivity index (χ0v) is 7.74. The fourth-order valence-corrected chi connectivity index (χ4v) is 1.34. The van der Waals surface area contributed by atoms with Gasteiger partial charge in [0.15, 0.2) is 0 Å². The topological polar surface area (TPSA) is 38.9 Å². The monoisotopic (exact) mass is 206 g/mol. The van der Waals surface area contributed by atoms with Crippen LogP contribution in [0, 0.1) is 11.6 Å². The van der Waals surface area contributed by atoms with Crippen molar-refractivity contribution < 1.29 is 8.78 Å². The Morgan fingerprint density at radius 1 is 1.00 bits per heavy atom. The number of nitrogen functional groups attached to an aromatic ring is 1. The number of pyridine rings is 1. The van der Waals surface area contributed by atoms with Crippen molar-refractivity contribution in [3.8, 4) is 11.1 Å². The normalized spacial score (nSPS) is 10.3. The molecule has 0 unspecified atom stereocenters. The smallest absolute Gasteiger partial charge is 0.149 e. The van der Waals surface area contributed by atoms with Crippen LogP contribution in [0.25, 0.3) is 11.1 Å². The highest BCUT2D eigenvalue weighted by Crippen LogP contribution is 2.26. The molecule has 2 nitrogen and oxygen atoms in total. The van der Waals surface area contributed by atoms with Gasteiger partial charge in [-0.05, 0) is 24.3 Å². The molecule has 1 heterocycles. The summed E-state index contributed by atoms with van der Waals surface area (Å²) in [5.74, 6) is -1.07. The third-order valence-corrected chi connectivity index (χ3v) is 2.05. The molecule has 0 aliphatic carbocycles. The quantitative estimate of drug-likeness (QED) is 0.728. The highest BCUT2D eigenvalue weighted by atomic mass is 19.1. The summed E-state index contributed by atoms with van der Waals surface area (Å²) in [6.07, 6.45) is 2.44. The summed E-state index contributed by atoms with van der Waals surface area (Å²) < 4.78 is 26.7.